The van der Waals surface area contributed by atoms with Crippen molar-refractivity contribution in [1.29, 1.82) is 0 Å². The van der Waals surface area contributed by atoms with Gasteiger partial charge in [-0.2, -0.15) is 0 Å². The molecule has 0 aliphatic heterocycles. The van der Waals surface area contributed by atoms with Crippen molar-refractivity contribution >= 4 is 75.1 Å². The molecule has 0 spiro atoms. The molecule has 0 amide bonds. The molecule has 0 fully saturated rings. The summed E-state index contributed by atoms with van der Waals surface area (Å²) in [7, 11) is 0. The molecule has 25 heavy (non-hydrogen) atoms. The first-order chi connectivity index (χ1) is 11.9. The Hall–Kier alpha value is -1.92. The number of hydrogen-bond acceptors (Lipinski definition) is 5. The van der Waals surface area contributed by atoms with Gasteiger partial charge in [0.1, 0.15) is 12.0 Å². The summed E-state index contributed by atoms with van der Waals surface area (Å²) in [5.74, 6) is 0.802. The second-order valence-electron chi connectivity index (χ2n) is 4.99. The minimum Gasteiger partial charge on any atom is -0.393 e. The summed E-state index contributed by atoms with van der Waals surface area (Å²) in [5.41, 5.74) is 7.73. The van der Waals surface area contributed by atoms with Gasteiger partial charge in [0.15, 0.2) is 11.6 Å². The van der Waals surface area contributed by atoms with E-state index < -0.39 is 0 Å². The zero-order valence-corrected chi connectivity index (χ0v) is 15.5. The van der Waals surface area contributed by atoms with E-state index in [4.69, 9.17) is 52.1 Å². The van der Waals surface area contributed by atoms with Gasteiger partial charge in [-0.1, -0.05) is 46.4 Å². The molecule has 0 saturated heterocycles. The maximum Gasteiger partial charge on any atom is 0.159 e. The average Bonchev–Trinajstić information content (AvgIpc) is 2.58. The predicted octanol–water partition coefficient (Wildman–Crippen LogP) is 6.16. The quantitative estimate of drug-likeness (QED) is 0.476. The first-order valence-electron chi connectivity index (χ1n) is 6.98. The molecule has 0 radical (unpaired) electrons. The highest BCUT2D eigenvalue weighted by Gasteiger charge is 2.11. The third-order valence-corrected chi connectivity index (χ3v) is 4.55. The van der Waals surface area contributed by atoms with E-state index in [-0.39, 0.29) is 0 Å². The number of nitrogen functional groups attached to an aromatic ring is 1. The molecule has 0 atom stereocenters. The summed E-state index contributed by atoms with van der Waals surface area (Å²) in [6.45, 7) is 0. The predicted molar refractivity (Wildman–Crippen MR) is 106 cm³/mol. The summed E-state index contributed by atoms with van der Waals surface area (Å²) < 4.78 is 0. The van der Waals surface area contributed by atoms with Crippen molar-refractivity contribution in [3.63, 3.8) is 0 Å². The molecular weight excluding hydrogens is 404 g/mol. The molecule has 1 aromatic heterocycles. The molecule has 0 unspecified atom stereocenters. The van der Waals surface area contributed by atoms with E-state index in [1.807, 2.05) is 0 Å². The number of benzene rings is 2. The third kappa shape index (κ3) is 4.19. The number of halogens is 4. The lowest BCUT2D eigenvalue weighted by Crippen LogP contribution is -2.05. The van der Waals surface area contributed by atoms with Crippen molar-refractivity contribution in [2.75, 3.05) is 16.4 Å². The van der Waals surface area contributed by atoms with Crippen LogP contribution in [-0.4, -0.2) is 9.97 Å². The van der Waals surface area contributed by atoms with Gasteiger partial charge in [0.05, 0.1) is 20.8 Å². The normalized spacial score (nSPS) is 10.6. The SMILES string of the molecule is Nc1c(Nc2ccc(Cl)c(Cl)c2)ncnc1Nc1cc(Cl)ccc1Cl. The first-order valence-corrected chi connectivity index (χ1v) is 8.50. The minimum atomic E-state index is 0.310. The van der Waals surface area contributed by atoms with Crippen LogP contribution in [-0.2, 0) is 0 Å². The van der Waals surface area contributed by atoms with Crippen LogP contribution < -0.4 is 16.4 Å². The van der Waals surface area contributed by atoms with E-state index in [2.05, 4.69) is 20.6 Å². The molecule has 0 bridgehead atoms. The molecule has 9 heteroatoms. The fourth-order valence-electron chi connectivity index (χ4n) is 2.03. The van der Waals surface area contributed by atoms with Crippen molar-refractivity contribution in [1.82, 2.24) is 9.97 Å². The van der Waals surface area contributed by atoms with Crippen molar-refractivity contribution < 1.29 is 0 Å². The first kappa shape index (κ1) is 17.9. The van der Waals surface area contributed by atoms with E-state index >= 15 is 0 Å². The lowest BCUT2D eigenvalue weighted by molar-refractivity contribution is 1.17. The van der Waals surface area contributed by atoms with Gasteiger partial charge in [-0.3, -0.25) is 0 Å². The fraction of sp³-hybridized carbons (Fsp3) is 0. The second kappa shape index (κ2) is 7.54. The molecule has 4 N–H and O–H groups in total. The molecule has 0 saturated carbocycles. The highest BCUT2D eigenvalue weighted by molar-refractivity contribution is 6.42. The highest BCUT2D eigenvalue weighted by atomic mass is 35.5. The molecule has 2 aromatic carbocycles. The third-order valence-electron chi connectivity index (χ3n) is 3.25. The van der Waals surface area contributed by atoms with Crippen LogP contribution in [0.3, 0.4) is 0 Å². The summed E-state index contributed by atoms with van der Waals surface area (Å²) in [6, 6.07) is 10.2. The van der Waals surface area contributed by atoms with Gasteiger partial charge in [0, 0.05) is 10.7 Å². The number of anilines is 5. The van der Waals surface area contributed by atoms with Crippen LogP contribution in [0, 0.1) is 0 Å². The van der Waals surface area contributed by atoms with Crippen molar-refractivity contribution in [2.45, 2.75) is 0 Å². The summed E-state index contributed by atoms with van der Waals surface area (Å²) >= 11 is 24.1. The maximum absolute atomic E-state index is 6.15. The Labute approximate surface area is 164 Å². The standard InChI is InChI=1S/C16H11Cl4N5/c17-8-1-3-11(19)13(5-8)25-16-14(21)15(22-7-23-16)24-9-2-4-10(18)12(20)6-9/h1-7H,21H2,(H2,22,23,24,25). The monoisotopic (exact) mass is 413 g/mol. The van der Waals surface area contributed by atoms with Crippen LogP contribution in [0.5, 0.6) is 0 Å². The smallest absolute Gasteiger partial charge is 0.159 e. The number of nitrogens with one attached hydrogen (secondary N) is 2. The van der Waals surface area contributed by atoms with E-state index in [0.29, 0.717) is 48.8 Å². The van der Waals surface area contributed by atoms with Crippen LogP contribution in [0.1, 0.15) is 0 Å². The van der Waals surface area contributed by atoms with Crippen LogP contribution >= 0.6 is 46.4 Å². The van der Waals surface area contributed by atoms with Gasteiger partial charge in [0.25, 0.3) is 0 Å². The second-order valence-corrected chi connectivity index (χ2v) is 6.65. The molecule has 0 aliphatic rings. The maximum atomic E-state index is 6.15. The zero-order chi connectivity index (χ0) is 18.0. The number of hydrogen-bond donors (Lipinski definition) is 3. The van der Waals surface area contributed by atoms with Crippen LogP contribution in [0.2, 0.25) is 20.1 Å². The fourth-order valence-corrected chi connectivity index (χ4v) is 2.66. The van der Waals surface area contributed by atoms with Gasteiger partial charge < -0.3 is 16.4 Å². The van der Waals surface area contributed by atoms with E-state index in [0.717, 1.165) is 0 Å². The average molecular weight is 415 g/mol. The topological polar surface area (TPSA) is 75.9 Å². The lowest BCUT2D eigenvalue weighted by atomic mass is 10.3. The van der Waals surface area contributed by atoms with Crippen LogP contribution in [0.4, 0.5) is 28.7 Å². The Balaban J connectivity index is 1.89. The van der Waals surface area contributed by atoms with E-state index in [1.165, 1.54) is 6.33 Å². The largest absolute Gasteiger partial charge is 0.393 e. The molecular formula is C16H11Cl4N5. The van der Waals surface area contributed by atoms with E-state index in [1.54, 1.807) is 36.4 Å². The molecule has 128 valence electrons. The number of nitrogens with two attached hydrogens (primary N) is 1. The minimum absolute atomic E-state index is 0.310. The Morgan fingerprint density at radius 2 is 1.44 bits per heavy atom. The number of nitrogens with zero attached hydrogens (tertiary/aromatic N) is 2. The summed E-state index contributed by atoms with van der Waals surface area (Å²) in [4.78, 5) is 8.29. The molecule has 3 rings (SSSR count). The Kier molecular flexibility index (Phi) is 5.39. The van der Waals surface area contributed by atoms with Crippen LogP contribution in [0.15, 0.2) is 42.7 Å². The van der Waals surface area contributed by atoms with E-state index in [9.17, 15) is 0 Å². The molecule has 0 aliphatic carbocycles. The van der Waals surface area contributed by atoms with Gasteiger partial charge in [-0.25, -0.2) is 9.97 Å². The highest BCUT2D eigenvalue weighted by Crippen LogP contribution is 2.33. The lowest BCUT2D eigenvalue weighted by Gasteiger charge is -2.13. The number of aromatic nitrogens is 2. The Bertz CT molecular complexity index is 932. The van der Waals surface area contributed by atoms with Crippen LogP contribution in [0.25, 0.3) is 0 Å². The Morgan fingerprint density at radius 1 is 0.760 bits per heavy atom. The Morgan fingerprint density at radius 3 is 2.16 bits per heavy atom. The molecule has 1 heterocycles. The zero-order valence-electron chi connectivity index (χ0n) is 12.5. The summed E-state index contributed by atoms with van der Waals surface area (Å²) in [5, 5.41) is 8.02. The molecule has 3 aromatic rings. The van der Waals surface area contributed by atoms with Gasteiger partial charge in [-0.05, 0) is 36.4 Å². The van der Waals surface area contributed by atoms with Crippen molar-refractivity contribution in [3.8, 4) is 0 Å². The van der Waals surface area contributed by atoms with Gasteiger partial charge in [-0.15, -0.1) is 0 Å². The van der Waals surface area contributed by atoms with Gasteiger partial charge >= 0.3 is 0 Å². The van der Waals surface area contributed by atoms with Gasteiger partial charge in [0.2, 0.25) is 0 Å². The summed E-state index contributed by atoms with van der Waals surface area (Å²) in [6.07, 6.45) is 1.37. The number of rotatable bonds is 4. The van der Waals surface area contributed by atoms with Crippen molar-refractivity contribution in [2.24, 2.45) is 0 Å². The van der Waals surface area contributed by atoms with Crippen molar-refractivity contribution in [3.05, 3.63) is 62.8 Å². The molecule has 5 nitrogen and oxygen atoms in total.